The van der Waals surface area contributed by atoms with Crippen LogP contribution in [0.1, 0.15) is 118 Å². The lowest BCUT2D eigenvalue weighted by molar-refractivity contribution is -0.172. The van der Waals surface area contributed by atoms with Gasteiger partial charge >= 0.3 is 12.1 Å². The van der Waals surface area contributed by atoms with E-state index in [4.69, 9.17) is 19.2 Å². The molecule has 19 nitrogen and oxygen atoms in total. The van der Waals surface area contributed by atoms with E-state index in [1.165, 1.54) is 6.07 Å². The van der Waals surface area contributed by atoms with E-state index in [2.05, 4.69) is 15.5 Å². The van der Waals surface area contributed by atoms with Crippen LogP contribution in [0.5, 0.6) is 23.0 Å². The van der Waals surface area contributed by atoms with E-state index in [0.29, 0.717) is 104 Å². The van der Waals surface area contributed by atoms with Crippen molar-refractivity contribution in [2.24, 2.45) is 5.92 Å². The molecule has 74 heavy (non-hydrogen) atoms. The van der Waals surface area contributed by atoms with Gasteiger partial charge < -0.3 is 49.2 Å². The maximum Gasteiger partial charge on any atom is 0.415 e. The van der Waals surface area contributed by atoms with E-state index in [1.54, 1.807) is 82.5 Å². The summed E-state index contributed by atoms with van der Waals surface area (Å²) in [7, 11) is 0. The Hall–Kier alpha value is -7.80. The molecule has 0 aliphatic carbocycles. The predicted octanol–water partition coefficient (Wildman–Crippen LogP) is 6.84. The summed E-state index contributed by atoms with van der Waals surface area (Å²) in [6.45, 7) is 13.1. The molecule has 3 amide bonds. The number of aromatic hydroxyl groups is 2. The second-order valence-electron chi connectivity index (χ2n) is 19.9. The SMILES string of the molecule is CCNC(=O)c1nnc(-c2cc(C(C)C)c(O)cc2O)n1-c1ccc(OC2CCN(C(=O)C3CCN(C(=O)Oc4ccc5nc6c(c(CC)c5c4)Cn4c-6cc5c(c4=O)COC(=O)[C@]5(O)CC)C(C)C3)CC2)cc1. The van der Waals surface area contributed by atoms with Gasteiger partial charge in [-0.2, -0.15) is 0 Å². The van der Waals surface area contributed by atoms with Crippen LogP contribution in [0.25, 0.3) is 39.4 Å². The Bertz CT molecular complexity index is 3300. The van der Waals surface area contributed by atoms with Crippen molar-refractivity contribution in [1.82, 2.24) is 39.4 Å². The number of carbonyl (C=O) groups excluding carboxylic acids is 4. The molecule has 0 saturated carbocycles. The number of piperidine rings is 2. The lowest BCUT2D eigenvalue weighted by Gasteiger charge is -2.39. The summed E-state index contributed by atoms with van der Waals surface area (Å²) in [5.41, 5.74) is 3.30. The third-order valence-electron chi connectivity index (χ3n) is 15.2. The molecule has 3 aromatic carbocycles. The van der Waals surface area contributed by atoms with E-state index in [0.717, 1.165) is 16.5 Å². The third kappa shape index (κ3) is 8.65. The lowest BCUT2D eigenvalue weighted by Crippen LogP contribution is -2.51. The van der Waals surface area contributed by atoms with Gasteiger partial charge in [0, 0.05) is 79.2 Å². The van der Waals surface area contributed by atoms with Crippen LogP contribution in [0.15, 0.2) is 65.5 Å². The normalized spacial score (nSPS) is 19.5. The minimum atomic E-state index is -1.93. The molecule has 19 heteroatoms. The number of esters is 1. The summed E-state index contributed by atoms with van der Waals surface area (Å²) in [6, 6.07) is 16.8. The van der Waals surface area contributed by atoms with Crippen molar-refractivity contribution in [2.45, 2.75) is 117 Å². The smallest absolute Gasteiger partial charge is 0.415 e. The largest absolute Gasteiger partial charge is 0.508 e. The van der Waals surface area contributed by atoms with Crippen LogP contribution in [0.3, 0.4) is 0 Å². The van der Waals surface area contributed by atoms with Crippen molar-refractivity contribution >= 4 is 34.8 Å². The zero-order valence-corrected chi connectivity index (χ0v) is 42.3. The second kappa shape index (κ2) is 19.6. The average molecular weight is 1010 g/mol. The van der Waals surface area contributed by atoms with E-state index in [9.17, 15) is 39.3 Å². The Balaban J connectivity index is 0.757. The zero-order chi connectivity index (χ0) is 52.3. The Morgan fingerprint density at radius 3 is 2.34 bits per heavy atom. The van der Waals surface area contributed by atoms with Crippen molar-refractivity contribution < 1.29 is 48.7 Å². The second-order valence-corrected chi connectivity index (χ2v) is 19.9. The Morgan fingerprint density at radius 1 is 0.905 bits per heavy atom. The van der Waals surface area contributed by atoms with Gasteiger partial charge in [-0.1, -0.05) is 27.7 Å². The number of pyridine rings is 2. The van der Waals surface area contributed by atoms with Crippen LogP contribution in [0.4, 0.5) is 4.79 Å². The summed E-state index contributed by atoms with van der Waals surface area (Å²) in [5.74, 6) is -0.502. The number of phenols is 2. The predicted molar refractivity (Wildman–Crippen MR) is 271 cm³/mol. The lowest BCUT2D eigenvalue weighted by atomic mass is 9.86. The number of benzene rings is 3. The molecule has 2 saturated heterocycles. The first kappa shape index (κ1) is 49.8. The molecular weight excluding hydrogens is 949 g/mol. The molecule has 2 unspecified atom stereocenters. The highest BCUT2D eigenvalue weighted by Crippen LogP contribution is 2.42. The van der Waals surface area contributed by atoms with Gasteiger partial charge in [-0.3, -0.25) is 19.0 Å². The highest BCUT2D eigenvalue weighted by Gasteiger charge is 2.46. The van der Waals surface area contributed by atoms with Crippen molar-refractivity contribution in [3.63, 3.8) is 0 Å². The van der Waals surface area contributed by atoms with Crippen LogP contribution in [-0.4, -0.2) is 112 Å². The number of cyclic esters (lactones) is 1. The average Bonchev–Trinajstić information content (AvgIpc) is 4.00. The monoisotopic (exact) mass is 1010 g/mol. The van der Waals surface area contributed by atoms with Gasteiger partial charge in [0.05, 0.1) is 34.6 Å². The summed E-state index contributed by atoms with van der Waals surface area (Å²) >= 11 is 0. The molecule has 10 rings (SSSR count). The summed E-state index contributed by atoms with van der Waals surface area (Å²) in [5, 5.41) is 44.7. The topological polar surface area (TPSA) is 241 Å². The maximum absolute atomic E-state index is 13.9. The summed E-state index contributed by atoms with van der Waals surface area (Å²) < 4.78 is 20.8. The number of nitrogens with zero attached hydrogens (tertiary/aromatic N) is 7. The standard InChI is InChI=1S/C55H60N8O11/c1-7-36-38-23-35(14-15-43(38)57-47-40(36)27-62-44(47)25-42-41(52(62)68)28-72-53(69)55(42,71)8-2)74-54(70)61-21-16-31(22-30(61)6)51(67)60-19-17-34(18-20-60)73-33-12-10-32(11-13-33)63-48(58-59-49(63)50(66)56-9-3)39-24-37(29(4)5)45(64)26-46(39)65/h10-15,23-26,29-31,34,64-65,71H,7-9,16-22,27-28H2,1-6H3,(H,56,66)/t30?,31?,55-/m0/s1. The number of hydrogen-bond donors (Lipinski definition) is 4. The highest BCUT2D eigenvalue weighted by atomic mass is 16.6. The molecule has 4 N–H and O–H groups in total. The Kier molecular flexibility index (Phi) is 13.2. The first-order chi connectivity index (χ1) is 35.5. The number of carbonyl (C=O) groups is 4. The number of nitrogens with one attached hydrogen (secondary N) is 1. The van der Waals surface area contributed by atoms with Gasteiger partial charge in [-0.15, -0.1) is 10.2 Å². The van der Waals surface area contributed by atoms with Crippen LogP contribution >= 0.6 is 0 Å². The van der Waals surface area contributed by atoms with E-state index in [1.807, 2.05) is 32.6 Å². The van der Waals surface area contributed by atoms with Gasteiger partial charge in [-0.05, 0) is 111 Å². The van der Waals surface area contributed by atoms with Gasteiger partial charge in [0.2, 0.25) is 11.7 Å². The number of ether oxygens (including phenoxy) is 3. The number of aliphatic hydroxyl groups is 1. The fourth-order valence-electron chi connectivity index (χ4n) is 11.1. The highest BCUT2D eigenvalue weighted by molar-refractivity contribution is 5.93. The van der Waals surface area contributed by atoms with Crippen molar-refractivity contribution in [3.05, 3.63) is 105 Å². The molecular formula is C55H60N8O11. The maximum atomic E-state index is 13.9. The quantitative estimate of drug-likeness (QED) is 0.0971. The van der Waals surface area contributed by atoms with E-state index < -0.39 is 23.6 Å². The van der Waals surface area contributed by atoms with Crippen LogP contribution < -0.4 is 20.3 Å². The summed E-state index contributed by atoms with van der Waals surface area (Å²) in [4.78, 5) is 75.8. The number of phenolic OH excluding ortho intramolecular Hbond substituents is 2. The number of hydrogen-bond acceptors (Lipinski definition) is 14. The molecule has 0 spiro atoms. The number of likely N-dealkylation sites (tertiary alicyclic amines) is 2. The van der Waals surface area contributed by atoms with Crippen LogP contribution in [-0.2, 0) is 39.5 Å². The number of aryl methyl sites for hydroxylation is 1. The van der Waals surface area contributed by atoms with Gasteiger partial charge in [0.25, 0.3) is 11.5 Å². The molecule has 7 heterocycles. The third-order valence-corrected chi connectivity index (χ3v) is 15.2. The molecule has 4 aliphatic heterocycles. The minimum absolute atomic E-state index is 0.0273. The van der Waals surface area contributed by atoms with E-state index in [-0.39, 0.29) is 89.3 Å². The first-order valence-electron chi connectivity index (χ1n) is 25.5. The van der Waals surface area contributed by atoms with Crippen LogP contribution in [0, 0.1) is 5.92 Å². The molecule has 2 fully saturated rings. The fraction of sp³-hybridized carbons (Fsp3) is 0.418. The zero-order valence-electron chi connectivity index (χ0n) is 42.3. The number of aromatic nitrogens is 5. The van der Waals surface area contributed by atoms with Crippen LogP contribution in [0.2, 0.25) is 0 Å². The molecule has 0 radical (unpaired) electrons. The van der Waals surface area contributed by atoms with Crippen molar-refractivity contribution in [1.29, 1.82) is 0 Å². The first-order valence-corrected chi connectivity index (χ1v) is 25.5. The Morgan fingerprint density at radius 2 is 1.65 bits per heavy atom. The van der Waals surface area contributed by atoms with Gasteiger partial charge in [0.15, 0.2) is 11.4 Å². The number of rotatable bonds is 11. The number of fused-ring (bicyclic) bond motifs is 5. The fourth-order valence-corrected chi connectivity index (χ4v) is 11.1. The molecule has 3 atom stereocenters. The van der Waals surface area contributed by atoms with Gasteiger partial charge in [-0.25, -0.2) is 14.6 Å². The summed E-state index contributed by atoms with van der Waals surface area (Å²) in [6.07, 6.45) is 2.24. The number of amides is 3. The molecule has 386 valence electrons. The molecule has 6 aromatic rings. The molecule has 3 aromatic heterocycles. The molecule has 4 aliphatic rings. The Labute approximate surface area is 426 Å². The van der Waals surface area contributed by atoms with Crippen molar-refractivity contribution in [2.75, 3.05) is 26.2 Å². The van der Waals surface area contributed by atoms with Crippen molar-refractivity contribution in [3.8, 4) is 51.5 Å². The van der Waals surface area contributed by atoms with E-state index >= 15 is 0 Å². The van der Waals surface area contributed by atoms with Gasteiger partial charge in [0.1, 0.15) is 35.7 Å². The minimum Gasteiger partial charge on any atom is -0.508 e. The molecule has 0 bridgehead atoms.